The molecule has 3 aromatic carbocycles. The highest BCUT2D eigenvalue weighted by atomic mass is 35.5. The third kappa shape index (κ3) is 5.30. The fourth-order valence-corrected chi connectivity index (χ4v) is 3.08. The van der Waals surface area contributed by atoms with Crippen LogP contribution >= 0.6 is 11.6 Å². The van der Waals surface area contributed by atoms with Crippen molar-refractivity contribution in [3.63, 3.8) is 0 Å². The molecule has 0 aromatic heterocycles. The van der Waals surface area contributed by atoms with Gasteiger partial charge in [0.05, 0.1) is 31.2 Å². The highest BCUT2D eigenvalue weighted by Gasteiger charge is 2.11. The van der Waals surface area contributed by atoms with Gasteiger partial charge in [-0.25, -0.2) is 0 Å². The number of amides is 2. The fourth-order valence-electron chi connectivity index (χ4n) is 2.86. The molecular weight excluding hydrogens is 404 g/mol. The Hall–Kier alpha value is -3.51. The van der Waals surface area contributed by atoms with Crippen LogP contribution in [0.5, 0.6) is 11.5 Å². The predicted octanol–water partition coefficient (Wildman–Crippen LogP) is 4.79. The SMILES string of the molecule is COc1ccc(CC(=O)Nc2ccc(NC(=O)c3ccccc3Cl)cc2)cc1OC. The maximum Gasteiger partial charge on any atom is 0.257 e. The van der Waals surface area contributed by atoms with Gasteiger partial charge in [0, 0.05) is 11.4 Å². The lowest BCUT2D eigenvalue weighted by molar-refractivity contribution is -0.115. The maximum atomic E-state index is 12.4. The smallest absolute Gasteiger partial charge is 0.257 e. The Morgan fingerprint density at radius 1 is 0.833 bits per heavy atom. The molecule has 3 aromatic rings. The summed E-state index contributed by atoms with van der Waals surface area (Å²) in [5, 5.41) is 6.00. The number of rotatable bonds is 7. The molecule has 0 saturated carbocycles. The van der Waals surface area contributed by atoms with E-state index in [1.54, 1.807) is 74.9 Å². The van der Waals surface area contributed by atoms with Gasteiger partial charge in [-0.1, -0.05) is 29.8 Å². The first-order chi connectivity index (χ1) is 14.5. The van der Waals surface area contributed by atoms with Gasteiger partial charge in [0.2, 0.25) is 5.91 Å². The molecule has 0 heterocycles. The third-order valence-corrected chi connectivity index (χ3v) is 4.69. The summed E-state index contributed by atoms with van der Waals surface area (Å²) < 4.78 is 10.5. The average molecular weight is 425 g/mol. The fraction of sp³-hybridized carbons (Fsp3) is 0.130. The molecule has 0 atom stereocenters. The highest BCUT2D eigenvalue weighted by Crippen LogP contribution is 2.28. The van der Waals surface area contributed by atoms with Gasteiger partial charge in [-0.3, -0.25) is 9.59 Å². The van der Waals surface area contributed by atoms with Crippen LogP contribution in [0.4, 0.5) is 11.4 Å². The summed E-state index contributed by atoms with van der Waals surface area (Å²) in [6, 6.07) is 19.0. The summed E-state index contributed by atoms with van der Waals surface area (Å²) in [7, 11) is 3.11. The summed E-state index contributed by atoms with van der Waals surface area (Å²) in [5.41, 5.74) is 2.41. The molecule has 154 valence electrons. The Morgan fingerprint density at radius 2 is 1.47 bits per heavy atom. The van der Waals surface area contributed by atoms with Gasteiger partial charge in [0.1, 0.15) is 0 Å². The number of halogens is 1. The van der Waals surface area contributed by atoms with Crippen LogP contribution in [0.25, 0.3) is 0 Å². The topological polar surface area (TPSA) is 76.7 Å². The zero-order valence-electron chi connectivity index (χ0n) is 16.6. The second-order valence-electron chi connectivity index (χ2n) is 6.43. The van der Waals surface area contributed by atoms with E-state index in [2.05, 4.69) is 10.6 Å². The molecule has 2 amide bonds. The Bertz CT molecular complexity index is 1050. The van der Waals surface area contributed by atoms with Crippen molar-refractivity contribution in [2.24, 2.45) is 0 Å². The lowest BCUT2D eigenvalue weighted by atomic mass is 10.1. The Balaban J connectivity index is 1.59. The average Bonchev–Trinajstić information content (AvgIpc) is 2.75. The number of anilines is 2. The maximum absolute atomic E-state index is 12.4. The molecule has 0 spiro atoms. The van der Waals surface area contributed by atoms with Crippen molar-refractivity contribution in [3.05, 3.63) is 82.9 Å². The van der Waals surface area contributed by atoms with E-state index >= 15 is 0 Å². The van der Waals surface area contributed by atoms with Crippen molar-refractivity contribution in [3.8, 4) is 11.5 Å². The lowest BCUT2D eigenvalue weighted by Gasteiger charge is -2.11. The van der Waals surface area contributed by atoms with E-state index in [1.165, 1.54) is 0 Å². The minimum atomic E-state index is -0.300. The normalized spacial score (nSPS) is 10.2. The van der Waals surface area contributed by atoms with Crippen LogP contribution in [0.1, 0.15) is 15.9 Å². The van der Waals surface area contributed by atoms with Gasteiger partial charge in [-0.05, 0) is 54.1 Å². The van der Waals surface area contributed by atoms with E-state index in [1.807, 2.05) is 6.07 Å². The molecule has 0 unspecified atom stereocenters. The van der Waals surface area contributed by atoms with E-state index in [9.17, 15) is 9.59 Å². The minimum Gasteiger partial charge on any atom is -0.493 e. The van der Waals surface area contributed by atoms with E-state index in [4.69, 9.17) is 21.1 Å². The summed E-state index contributed by atoms with van der Waals surface area (Å²) in [4.78, 5) is 24.7. The van der Waals surface area contributed by atoms with Gasteiger partial charge >= 0.3 is 0 Å². The van der Waals surface area contributed by atoms with Crippen molar-refractivity contribution < 1.29 is 19.1 Å². The van der Waals surface area contributed by atoms with E-state index < -0.39 is 0 Å². The van der Waals surface area contributed by atoms with Gasteiger partial charge in [0.15, 0.2) is 11.5 Å². The number of hydrogen-bond donors (Lipinski definition) is 2. The Morgan fingerprint density at radius 3 is 2.10 bits per heavy atom. The molecule has 6 nitrogen and oxygen atoms in total. The third-order valence-electron chi connectivity index (χ3n) is 4.36. The molecule has 0 aliphatic rings. The lowest BCUT2D eigenvalue weighted by Crippen LogP contribution is -2.15. The van der Waals surface area contributed by atoms with Crippen LogP contribution in [0.3, 0.4) is 0 Å². The van der Waals surface area contributed by atoms with E-state index in [-0.39, 0.29) is 18.2 Å². The number of hydrogen-bond acceptors (Lipinski definition) is 4. The first-order valence-corrected chi connectivity index (χ1v) is 9.54. The van der Waals surface area contributed by atoms with Crippen molar-refractivity contribution in [2.45, 2.75) is 6.42 Å². The molecule has 0 bridgehead atoms. The monoisotopic (exact) mass is 424 g/mol. The molecule has 0 aliphatic heterocycles. The van der Waals surface area contributed by atoms with Gasteiger partial charge in [-0.2, -0.15) is 0 Å². The van der Waals surface area contributed by atoms with Crippen LogP contribution < -0.4 is 20.1 Å². The van der Waals surface area contributed by atoms with E-state index in [0.29, 0.717) is 33.5 Å². The molecule has 2 N–H and O–H groups in total. The second kappa shape index (κ2) is 9.80. The van der Waals surface area contributed by atoms with Crippen LogP contribution in [0, 0.1) is 0 Å². The van der Waals surface area contributed by atoms with Gasteiger partial charge in [-0.15, -0.1) is 0 Å². The molecular formula is C23H21ClN2O4. The Labute approximate surface area is 179 Å². The summed E-state index contributed by atoms with van der Waals surface area (Å²) >= 11 is 6.05. The summed E-state index contributed by atoms with van der Waals surface area (Å²) in [5.74, 6) is 0.707. The molecule has 7 heteroatoms. The number of nitrogens with one attached hydrogen (secondary N) is 2. The van der Waals surface area contributed by atoms with Crippen molar-refractivity contribution in [1.82, 2.24) is 0 Å². The quantitative estimate of drug-likeness (QED) is 0.571. The molecule has 0 saturated heterocycles. The molecule has 30 heavy (non-hydrogen) atoms. The number of carbonyl (C=O) groups excluding carboxylic acids is 2. The Kier molecular flexibility index (Phi) is 6.93. The van der Waals surface area contributed by atoms with Crippen molar-refractivity contribution >= 4 is 34.8 Å². The van der Waals surface area contributed by atoms with Crippen LogP contribution in [-0.2, 0) is 11.2 Å². The summed E-state index contributed by atoms with van der Waals surface area (Å²) in [6.45, 7) is 0. The van der Waals surface area contributed by atoms with Gasteiger partial charge in [0.25, 0.3) is 5.91 Å². The van der Waals surface area contributed by atoms with Crippen LogP contribution in [0.15, 0.2) is 66.7 Å². The first-order valence-electron chi connectivity index (χ1n) is 9.17. The van der Waals surface area contributed by atoms with Crippen molar-refractivity contribution in [2.75, 3.05) is 24.9 Å². The summed E-state index contributed by atoms with van der Waals surface area (Å²) in [6.07, 6.45) is 0.186. The molecule has 0 fully saturated rings. The van der Waals surface area contributed by atoms with Crippen molar-refractivity contribution in [1.29, 1.82) is 0 Å². The second-order valence-corrected chi connectivity index (χ2v) is 6.83. The first kappa shape index (κ1) is 21.2. The van der Waals surface area contributed by atoms with Crippen LogP contribution in [0.2, 0.25) is 5.02 Å². The standard InChI is InChI=1S/C23H21ClN2O4/c1-29-20-12-7-15(13-21(20)30-2)14-22(27)25-16-8-10-17(11-9-16)26-23(28)18-5-3-4-6-19(18)24/h3-13H,14H2,1-2H3,(H,25,27)(H,26,28). The number of carbonyl (C=O) groups is 2. The van der Waals surface area contributed by atoms with Crippen LogP contribution in [-0.4, -0.2) is 26.0 Å². The van der Waals surface area contributed by atoms with Gasteiger partial charge < -0.3 is 20.1 Å². The number of methoxy groups -OCH3 is 2. The van der Waals surface area contributed by atoms with E-state index in [0.717, 1.165) is 5.56 Å². The molecule has 3 rings (SSSR count). The zero-order chi connectivity index (χ0) is 21.5. The number of ether oxygens (including phenoxy) is 2. The zero-order valence-corrected chi connectivity index (χ0v) is 17.3. The minimum absolute atomic E-state index is 0.171. The number of benzene rings is 3. The highest BCUT2D eigenvalue weighted by molar-refractivity contribution is 6.34. The predicted molar refractivity (Wildman–Crippen MR) is 118 cm³/mol. The molecule has 0 aliphatic carbocycles. The largest absolute Gasteiger partial charge is 0.493 e. The molecule has 0 radical (unpaired) electrons.